The van der Waals surface area contributed by atoms with Crippen molar-refractivity contribution in [1.82, 2.24) is 9.97 Å². The van der Waals surface area contributed by atoms with Gasteiger partial charge < -0.3 is 14.8 Å². The zero-order valence-corrected chi connectivity index (χ0v) is 21.4. The van der Waals surface area contributed by atoms with Crippen LogP contribution in [0.5, 0.6) is 11.5 Å². The Kier molecular flexibility index (Phi) is 7.63. The minimum atomic E-state index is -4.42. The summed E-state index contributed by atoms with van der Waals surface area (Å²) in [6.07, 6.45) is -2.99. The number of nitrogens with zero attached hydrogens (tertiary/aromatic N) is 2. The number of rotatable bonds is 8. The van der Waals surface area contributed by atoms with Crippen molar-refractivity contribution in [3.05, 3.63) is 114 Å². The molecule has 0 aliphatic heterocycles. The minimum absolute atomic E-state index is 0.0507. The largest absolute Gasteiger partial charge is 0.493 e. The van der Waals surface area contributed by atoms with E-state index in [1.54, 1.807) is 19.2 Å². The lowest BCUT2D eigenvalue weighted by molar-refractivity contribution is -0.137. The third kappa shape index (κ3) is 6.20. The first kappa shape index (κ1) is 26.7. The van der Waals surface area contributed by atoms with E-state index in [0.29, 0.717) is 40.6 Å². The van der Waals surface area contributed by atoms with Crippen molar-refractivity contribution in [3.8, 4) is 22.8 Å². The fourth-order valence-corrected chi connectivity index (χ4v) is 4.22. The van der Waals surface area contributed by atoms with Gasteiger partial charge in [0.05, 0.1) is 30.3 Å². The van der Waals surface area contributed by atoms with Crippen LogP contribution in [0.1, 0.15) is 16.7 Å². The quantitative estimate of drug-likeness (QED) is 0.226. The van der Waals surface area contributed by atoms with E-state index in [1.165, 1.54) is 18.5 Å². The van der Waals surface area contributed by atoms with Crippen LogP contribution < -0.4 is 14.8 Å². The Balaban J connectivity index is 1.30. The van der Waals surface area contributed by atoms with Crippen LogP contribution in [0, 0.1) is 0 Å². The van der Waals surface area contributed by atoms with Crippen LogP contribution in [0.4, 0.5) is 18.9 Å². The highest BCUT2D eigenvalue weighted by Gasteiger charge is 2.30. The topological polar surface area (TPSA) is 73.3 Å². The molecule has 1 heterocycles. The number of ether oxygens (including phenoxy) is 2. The van der Waals surface area contributed by atoms with Gasteiger partial charge >= 0.3 is 6.18 Å². The average Bonchev–Trinajstić information content (AvgIpc) is 2.96. The maximum atomic E-state index is 12.8. The molecule has 0 aliphatic carbocycles. The van der Waals surface area contributed by atoms with E-state index in [0.717, 1.165) is 28.6 Å². The molecule has 1 aromatic heterocycles. The van der Waals surface area contributed by atoms with Crippen molar-refractivity contribution in [1.29, 1.82) is 0 Å². The molecular formula is C31H24F3N3O3. The SMILES string of the molecule is COc1cc2c(-c3ccc(NC(=O)Cc4ccc(C(F)(F)F)cc4)cc3)ncnc2cc1OCc1ccccc1. The Morgan fingerprint density at radius 2 is 1.57 bits per heavy atom. The van der Waals surface area contributed by atoms with Crippen LogP contribution in [0.2, 0.25) is 0 Å². The smallest absolute Gasteiger partial charge is 0.416 e. The molecule has 40 heavy (non-hydrogen) atoms. The Labute approximate surface area is 228 Å². The molecule has 5 rings (SSSR count). The number of aromatic nitrogens is 2. The van der Waals surface area contributed by atoms with E-state index < -0.39 is 11.7 Å². The zero-order chi connectivity index (χ0) is 28.1. The van der Waals surface area contributed by atoms with Gasteiger partial charge in [-0.3, -0.25) is 4.79 Å². The van der Waals surface area contributed by atoms with Crippen LogP contribution in [-0.4, -0.2) is 23.0 Å². The number of carbonyl (C=O) groups is 1. The van der Waals surface area contributed by atoms with Gasteiger partial charge in [-0.25, -0.2) is 9.97 Å². The molecule has 1 N–H and O–H groups in total. The number of hydrogen-bond acceptors (Lipinski definition) is 5. The third-order valence-corrected chi connectivity index (χ3v) is 6.25. The first-order chi connectivity index (χ1) is 19.3. The van der Waals surface area contributed by atoms with E-state index in [2.05, 4.69) is 15.3 Å². The molecule has 0 fully saturated rings. The van der Waals surface area contributed by atoms with Gasteiger partial charge in [0, 0.05) is 22.7 Å². The molecule has 0 aliphatic rings. The summed E-state index contributed by atoms with van der Waals surface area (Å²) in [6.45, 7) is 0.382. The summed E-state index contributed by atoms with van der Waals surface area (Å²) in [5.41, 5.74) is 3.47. The molecule has 0 radical (unpaired) electrons. The average molecular weight is 544 g/mol. The van der Waals surface area contributed by atoms with Crippen molar-refractivity contribution in [2.24, 2.45) is 0 Å². The molecule has 4 aromatic carbocycles. The van der Waals surface area contributed by atoms with Crippen LogP contribution in [0.25, 0.3) is 22.2 Å². The Bertz CT molecular complexity index is 1620. The maximum Gasteiger partial charge on any atom is 0.416 e. The van der Waals surface area contributed by atoms with Crippen LogP contribution in [0.15, 0.2) is 97.3 Å². The van der Waals surface area contributed by atoms with Crippen molar-refractivity contribution in [2.75, 3.05) is 12.4 Å². The Morgan fingerprint density at radius 3 is 2.25 bits per heavy atom. The van der Waals surface area contributed by atoms with E-state index >= 15 is 0 Å². The van der Waals surface area contributed by atoms with E-state index in [1.807, 2.05) is 54.6 Å². The molecule has 202 valence electrons. The van der Waals surface area contributed by atoms with Crippen LogP contribution >= 0.6 is 0 Å². The summed E-state index contributed by atoms with van der Waals surface area (Å²) in [5, 5.41) is 3.54. The summed E-state index contributed by atoms with van der Waals surface area (Å²) < 4.78 is 49.9. The normalized spacial score (nSPS) is 11.3. The number of halogens is 3. The van der Waals surface area contributed by atoms with E-state index in [9.17, 15) is 18.0 Å². The zero-order valence-electron chi connectivity index (χ0n) is 21.4. The number of fused-ring (bicyclic) bond motifs is 1. The number of methoxy groups -OCH3 is 1. The van der Waals surface area contributed by atoms with Gasteiger partial charge in [-0.15, -0.1) is 0 Å². The third-order valence-electron chi connectivity index (χ3n) is 6.25. The molecule has 5 aromatic rings. The summed E-state index contributed by atoms with van der Waals surface area (Å²) in [4.78, 5) is 21.3. The highest BCUT2D eigenvalue weighted by atomic mass is 19.4. The lowest BCUT2D eigenvalue weighted by Gasteiger charge is -2.13. The van der Waals surface area contributed by atoms with Gasteiger partial charge in [0.1, 0.15) is 12.9 Å². The number of alkyl halides is 3. The molecule has 0 unspecified atom stereocenters. The number of amides is 1. The maximum absolute atomic E-state index is 12.8. The molecule has 6 nitrogen and oxygen atoms in total. The predicted molar refractivity (Wildman–Crippen MR) is 146 cm³/mol. The molecule has 0 atom stereocenters. The lowest BCUT2D eigenvalue weighted by atomic mass is 10.1. The summed E-state index contributed by atoms with van der Waals surface area (Å²) in [5.74, 6) is 0.772. The van der Waals surface area contributed by atoms with Gasteiger partial charge in [0.25, 0.3) is 0 Å². The van der Waals surface area contributed by atoms with Crippen LogP contribution in [-0.2, 0) is 24.0 Å². The molecule has 1 amide bonds. The van der Waals surface area contributed by atoms with Crippen molar-refractivity contribution < 1.29 is 27.4 Å². The van der Waals surface area contributed by atoms with Crippen LogP contribution in [0.3, 0.4) is 0 Å². The number of anilines is 1. The van der Waals surface area contributed by atoms with Gasteiger partial charge in [-0.2, -0.15) is 13.2 Å². The van der Waals surface area contributed by atoms with Crippen molar-refractivity contribution in [3.63, 3.8) is 0 Å². The molecular weight excluding hydrogens is 519 g/mol. The molecule has 0 bridgehead atoms. The second-order valence-electron chi connectivity index (χ2n) is 9.01. The van der Waals surface area contributed by atoms with Crippen molar-refractivity contribution in [2.45, 2.75) is 19.2 Å². The summed E-state index contributed by atoms with van der Waals surface area (Å²) in [7, 11) is 1.57. The molecule has 9 heteroatoms. The molecule has 0 spiro atoms. The second kappa shape index (κ2) is 11.4. The Hall–Kier alpha value is -4.92. The molecule has 0 saturated heterocycles. The van der Waals surface area contributed by atoms with Gasteiger partial charge in [-0.05, 0) is 41.5 Å². The second-order valence-corrected chi connectivity index (χ2v) is 9.01. The number of carbonyl (C=O) groups excluding carboxylic acids is 1. The highest BCUT2D eigenvalue weighted by Crippen LogP contribution is 2.36. The van der Waals surface area contributed by atoms with Gasteiger partial charge in [0.15, 0.2) is 11.5 Å². The summed E-state index contributed by atoms with van der Waals surface area (Å²) >= 11 is 0. The first-order valence-corrected chi connectivity index (χ1v) is 12.4. The standard InChI is InChI=1S/C31H24F3N3O3/c1-39-27-16-25-26(17-28(27)40-18-21-5-3-2-4-6-21)35-19-36-30(25)22-9-13-24(14-10-22)37-29(38)15-20-7-11-23(12-8-20)31(32,33)34/h2-14,16-17,19H,15,18H2,1H3,(H,37,38). The number of hydrogen-bond donors (Lipinski definition) is 1. The number of nitrogens with one attached hydrogen (secondary N) is 1. The van der Waals surface area contributed by atoms with E-state index in [4.69, 9.17) is 9.47 Å². The highest BCUT2D eigenvalue weighted by molar-refractivity contribution is 5.95. The number of benzene rings is 4. The summed E-state index contributed by atoms with van der Waals surface area (Å²) in [6, 6.07) is 25.1. The first-order valence-electron chi connectivity index (χ1n) is 12.4. The van der Waals surface area contributed by atoms with Crippen molar-refractivity contribution >= 4 is 22.5 Å². The van der Waals surface area contributed by atoms with Gasteiger partial charge in [0.2, 0.25) is 5.91 Å². The fourth-order valence-electron chi connectivity index (χ4n) is 4.22. The predicted octanol–water partition coefficient (Wildman–Crippen LogP) is 7.08. The molecule has 0 saturated carbocycles. The Morgan fingerprint density at radius 1 is 0.850 bits per heavy atom. The minimum Gasteiger partial charge on any atom is -0.493 e. The monoisotopic (exact) mass is 543 g/mol. The van der Waals surface area contributed by atoms with Gasteiger partial charge in [-0.1, -0.05) is 54.6 Å². The lowest BCUT2D eigenvalue weighted by Crippen LogP contribution is -2.14. The van der Waals surface area contributed by atoms with E-state index in [-0.39, 0.29) is 12.3 Å². The fraction of sp³-hybridized carbons (Fsp3) is 0.129.